The average molecular weight is 265 g/mol. The molecule has 0 unspecified atom stereocenters. The third kappa shape index (κ3) is 2.62. The first-order valence-electron chi connectivity index (χ1n) is 5.31. The van der Waals surface area contributed by atoms with Crippen LogP contribution in [0.1, 0.15) is 32.5 Å². The van der Waals surface area contributed by atoms with Gasteiger partial charge in [-0.25, -0.2) is 19.3 Å². The smallest absolute Gasteiger partial charge is 0.377 e. The van der Waals surface area contributed by atoms with Crippen LogP contribution in [0.3, 0.4) is 0 Å². The molecular formula is C11H11N3O5. The Morgan fingerprint density at radius 1 is 1.53 bits per heavy atom. The quantitative estimate of drug-likeness (QED) is 0.811. The van der Waals surface area contributed by atoms with E-state index >= 15 is 0 Å². The van der Waals surface area contributed by atoms with Crippen LogP contribution in [0.5, 0.6) is 0 Å². The molecule has 2 aromatic rings. The van der Waals surface area contributed by atoms with Crippen LogP contribution >= 0.6 is 0 Å². The molecule has 0 saturated carbocycles. The van der Waals surface area contributed by atoms with E-state index in [0.717, 1.165) is 0 Å². The minimum atomic E-state index is -1.14. The topological polar surface area (TPSA) is 107 Å². The van der Waals surface area contributed by atoms with Gasteiger partial charge in [0.05, 0.1) is 13.7 Å². The summed E-state index contributed by atoms with van der Waals surface area (Å²) in [4.78, 5) is 25.7. The molecular weight excluding hydrogens is 254 g/mol. The second kappa shape index (κ2) is 4.92. The summed E-state index contributed by atoms with van der Waals surface area (Å²) in [6, 6.07) is 1.41. The minimum absolute atomic E-state index is 0.0536. The predicted molar refractivity (Wildman–Crippen MR) is 60.9 cm³/mol. The minimum Gasteiger partial charge on any atom is -0.475 e. The maximum absolute atomic E-state index is 11.2. The Morgan fingerprint density at radius 2 is 2.26 bits per heavy atom. The molecule has 0 aliphatic heterocycles. The molecule has 0 radical (unpaired) electrons. The van der Waals surface area contributed by atoms with Gasteiger partial charge in [-0.1, -0.05) is 0 Å². The molecule has 0 saturated heterocycles. The van der Waals surface area contributed by atoms with Crippen LogP contribution in [-0.2, 0) is 11.3 Å². The summed E-state index contributed by atoms with van der Waals surface area (Å²) in [6.07, 6.45) is 1.36. The lowest BCUT2D eigenvalue weighted by molar-refractivity contribution is 0.0585. The third-order valence-corrected chi connectivity index (χ3v) is 2.47. The monoisotopic (exact) mass is 265 g/mol. The summed E-state index contributed by atoms with van der Waals surface area (Å²) in [5.74, 6) is -1.48. The van der Waals surface area contributed by atoms with E-state index in [4.69, 9.17) is 9.52 Å². The average Bonchev–Trinajstić information content (AvgIpc) is 2.97. The number of carbonyl (C=O) groups is 2. The lowest BCUT2D eigenvalue weighted by Crippen LogP contribution is -2.06. The van der Waals surface area contributed by atoms with Crippen LogP contribution in [0.15, 0.2) is 16.8 Å². The molecule has 0 aromatic carbocycles. The van der Waals surface area contributed by atoms with Crippen molar-refractivity contribution in [2.45, 2.75) is 13.5 Å². The number of nitrogens with zero attached hydrogens (tertiary/aromatic N) is 3. The van der Waals surface area contributed by atoms with E-state index in [0.29, 0.717) is 11.3 Å². The van der Waals surface area contributed by atoms with Crippen LogP contribution in [-0.4, -0.2) is 38.9 Å². The van der Waals surface area contributed by atoms with Crippen molar-refractivity contribution in [3.8, 4) is 0 Å². The number of hydrogen-bond donors (Lipinski definition) is 1. The van der Waals surface area contributed by atoms with Gasteiger partial charge >= 0.3 is 11.9 Å². The van der Waals surface area contributed by atoms with Crippen LogP contribution in [0.2, 0.25) is 0 Å². The molecule has 100 valence electrons. The molecule has 2 rings (SSSR count). The van der Waals surface area contributed by atoms with E-state index in [-0.39, 0.29) is 18.1 Å². The number of carboxylic acid groups (broad SMARTS) is 1. The van der Waals surface area contributed by atoms with Gasteiger partial charge < -0.3 is 14.3 Å². The van der Waals surface area contributed by atoms with Gasteiger partial charge in [-0.2, -0.15) is 0 Å². The summed E-state index contributed by atoms with van der Waals surface area (Å²) < 4.78 is 11.0. The second-order valence-electron chi connectivity index (χ2n) is 3.75. The predicted octanol–water partition coefficient (Wildman–Crippen LogP) is 0.713. The number of furan rings is 1. The van der Waals surface area contributed by atoms with E-state index in [1.165, 1.54) is 24.2 Å². The Labute approximate surface area is 107 Å². The number of aromatic carboxylic acids is 1. The highest BCUT2D eigenvalue weighted by molar-refractivity contribution is 5.85. The largest absolute Gasteiger partial charge is 0.475 e. The van der Waals surface area contributed by atoms with Gasteiger partial charge in [-0.15, -0.1) is 5.10 Å². The number of rotatable bonds is 4. The van der Waals surface area contributed by atoms with Gasteiger partial charge in [-0.3, -0.25) is 0 Å². The number of esters is 1. The van der Waals surface area contributed by atoms with E-state index in [2.05, 4.69) is 14.8 Å². The molecule has 8 nitrogen and oxygen atoms in total. The normalized spacial score (nSPS) is 10.4. The zero-order valence-corrected chi connectivity index (χ0v) is 10.3. The molecule has 0 atom stereocenters. The van der Waals surface area contributed by atoms with Crippen LogP contribution in [0.25, 0.3) is 0 Å². The first kappa shape index (κ1) is 12.8. The maximum atomic E-state index is 11.2. The Hall–Kier alpha value is -2.64. The molecule has 1 N–H and O–H groups in total. The van der Waals surface area contributed by atoms with Gasteiger partial charge in [-0.05, 0) is 13.0 Å². The number of hydrogen-bond acceptors (Lipinski definition) is 6. The van der Waals surface area contributed by atoms with Crippen molar-refractivity contribution >= 4 is 11.9 Å². The number of carboxylic acids is 1. The van der Waals surface area contributed by atoms with E-state index in [1.54, 1.807) is 6.92 Å². The zero-order chi connectivity index (χ0) is 14.0. The first-order chi connectivity index (χ1) is 9.01. The molecule has 0 fully saturated rings. The number of carbonyl (C=O) groups excluding carboxylic acids is 1. The fourth-order valence-corrected chi connectivity index (χ4v) is 1.51. The Balaban J connectivity index is 2.19. The highest BCUT2D eigenvalue weighted by Crippen LogP contribution is 2.15. The van der Waals surface area contributed by atoms with Crippen molar-refractivity contribution in [1.29, 1.82) is 0 Å². The molecule has 2 heterocycles. The Morgan fingerprint density at radius 3 is 2.84 bits per heavy atom. The van der Waals surface area contributed by atoms with Gasteiger partial charge in [0.25, 0.3) is 5.82 Å². The first-order valence-corrected chi connectivity index (χ1v) is 5.31. The van der Waals surface area contributed by atoms with E-state index < -0.39 is 11.9 Å². The Kier molecular flexibility index (Phi) is 3.32. The maximum Gasteiger partial charge on any atom is 0.377 e. The van der Waals surface area contributed by atoms with Crippen molar-refractivity contribution in [1.82, 2.24) is 14.8 Å². The Bertz CT molecular complexity index is 628. The number of aryl methyl sites for hydroxylation is 1. The summed E-state index contributed by atoms with van der Waals surface area (Å²) >= 11 is 0. The lowest BCUT2D eigenvalue weighted by atomic mass is 10.2. The van der Waals surface area contributed by atoms with E-state index in [9.17, 15) is 9.59 Å². The summed E-state index contributed by atoms with van der Waals surface area (Å²) in [5, 5.41) is 12.7. The van der Waals surface area contributed by atoms with Gasteiger partial charge in [0.15, 0.2) is 0 Å². The van der Waals surface area contributed by atoms with Crippen molar-refractivity contribution < 1.29 is 23.8 Å². The van der Waals surface area contributed by atoms with Crippen LogP contribution < -0.4 is 0 Å². The molecule has 2 aromatic heterocycles. The lowest BCUT2D eigenvalue weighted by Gasteiger charge is -1.97. The molecule has 8 heteroatoms. The number of aromatic nitrogens is 3. The van der Waals surface area contributed by atoms with Gasteiger partial charge in [0, 0.05) is 5.56 Å². The molecule has 0 bridgehead atoms. The SMILES string of the molecule is COC(=O)c1ncn(Cc2cc(C(=O)O)oc2C)n1. The van der Waals surface area contributed by atoms with Gasteiger partial charge in [0.1, 0.15) is 12.1 Å². The van der Waals surface area contributed by atoms with E-state index in [1.807, 2.05) is 0 Å². The fourth-order valence-electron chi connectivity index (χ4n) is 1.51. The summed E-state index contributed by atoms with van der Waals surface area (Å²) in [6.45, 7) is 1.91. The molecule has 0 aliphatic carbocycles. The highest BCUT2D eigenvalue weighted by Gasteiger charge is 2.15. The number of ether oxygens (including phenoxy) is 1. The van der Waals surface area contributed by atoms with Crippen LogP contribution in [0, 0.1) is 6.92 Å². The standard InChI is InChI=1S/C11H11N3O5/c1-6-7(3-8(19-6)10(15)16)4-14-5-12-9(13-14)11(17)18-2/h3,5H,4H2,1-2H3,(H,15,16). The van der Waals surface area contributed by atoms with Crippen molar-refractivity contribution in [3.05, 3.63) is 35.3 Å². The highest BCUT2D eigenvalue weighted by atomic mass is 16.5. The van der Waals surface area contributed by atoms with Crippen LogP contribution in [0.4, 0.5) is 0 Å². The molecule has 0 aliphatic rings. The van der Waals surface area contributed by atoms with Crippen molar-refractivity contribution in [3.63, 3.8) is 0 Å². The summed E-state index contributed by atoms with van der Waals surface area (Å²) in [5.41, 5.74) is 0.652. The zero-order valence-electron chi connectivity index (χ0n) is 10.3. The van der Waals surface area contributed by atoms with Gasteiger partial charge in [0.2, 0.25) is 5.76 Å². The number of methoxy groups -OCH3 is 1. The molecule has 19 heavy (non-hydrogen) atoms. The molecule has 0 spiro atoms. The third-order valence-electron chi connectivity index (χ3n) is 2.47. The fraction of sp³-hybridized carbons (Fsp3) is 0.273. The molecule has 0 amide bonds. The second-order valence-corrected chi connectivity index (χ2v) is 3.75. The van der Waals surface area contributed by atoms with Crippen molar-refractivity contribution in [2.24, 2.45) is 0 Å². The summed E-state index contributed by atoms with van der Waals surface area (Å²) in [7, 11) is 1.24. The van der Waals surface area contributed by atoms with Crippen molar-refractivity contribution in [2.75, 3.05) is 7.11 Å².